The van der Waals surface area contributed by atoms with Crippen LogP contribution in [0.25, 0.3) is 0 Å². The van der Waals surface area contributed by atoms with Crippen LogP contribution in [0, 0.1) is 0 Å². The SMILES string of the molecule is O=C(NCC(F)(F)F)Nc1cccc(OC(F)(F)F)c1. The summed E-state index contributed by atoms with van der Waals surface area (Å²) in [6, 6.07) is 2.93. The smallest absolute Gasteiger partial charge is 0.406 e. The topological polar surface area (TPSA) is 50.4 Å². The molecular formula is C10H8F6N2O2. The summed E-state index contributed by atoms with van der Waals surface area (Å²) in [4.78, 5) is 11.1. The van der Waals surface area contributed by atoms with E-state index in [-0.39, 0.29) is 5.69 Å². The molecule has 0 aromatic heterocycles. The van der Waals surface area contributed by atoms with Gasteiger partial charge in [-0.05, 0) is 12.1 Å². The van der Waals surface area contributed by atoms with Crippen molar-refractivity contribution >= 4 is 11.7 Å². The number of benzene rings is 1. The fourth-order valence-corrected chi connectivity index (χ4v) is 1.13. The maximum absolute atomic E-state index is 11.9. The molecule has 0 unspecified atom stereocenters. The van der Waals surface area contributed by atoms with Crippen molar-refractivity contribution in [1.29, 1.82) is 0 Å². The summed E-state index contributed by atoms with van der Waals surface area (Å²) < 4.78 is 74.9. The number of carbonyl (C=O) groups excluding carboxylic acids is 1. The number of carbonyl (C=O) groups is 1. The van der Waals surface area contributed by atoms with Gasteiger partial charge in [0.2, 0.25) is 0 Å². The molecule has 0 spiro atoms. The normalized spacial score (nSPS) is 11.9. The lowest BCUT2D eigenvalue weighted by Gasteiger charge is -2.12. The van der Waals surface area contributed by atoms with Gasteiger partial charge in [-0.2, -0.15) is 13.2 Å². The van der Waals surface area contributed by atoms with Crippen LogP contribution >= 0.6 is 0 Å². The summed E-state index contributed by atoms with van der Waals surface area (Å²) in [5.41, 5.74) is -0.147. The van der Waals surface area contributed by atoms with Crippen LogP contribution in [0.1, 0.15) is 0 Å². The van der Waals surface area contributed by atoms with Crippen molar-refractivity contribution in [3.05, 3.63) is 24.3 Å². The third kappa shape index (κ3) is 6.71. The van der Waals surface area contributed by atoms with Crippen molar-refractivity contribution in [2.75, 3.05) is 11.9 Å². The predicted molar refractivity (Wildman–Crippen MR) is 56.2 cm³/mol. The van der Waals surface area contributed by atoms with Gasteiger partial charge >= 0.3 is 18.6 Å². The molecule has 0 aliphatic rings. The maximum Gasteiger partial charge on any atom is 0.573 e. The Morgan fingerprint density at radius 1 is 1.15 bits per heavy atom. The molecule has 0 atom stereocenters. The number of rotatable bonds is 3. The van der Waals surface area contributed by atoms with E-state index in [9.17, 15) is 31.1 Å². The lowest BCUT2D eigenvalue weighted by Crippen LogP contribution is -2.36. The van der Waals surface area contributed by atoms with E-state index in [0.717, 1.165) is 18.2 Å². The van der Waals surface area contributed by atoms with Gasteiger partial charge in [-0.1, -0.05) is 6.07 Å². The van der Waals surface area contributed by atoms with Crippen molar-refractivity contribution in [1.82, 2.24) is 5.32 Å². The van der Waals surface area contributed by atoms with Gasteiger partial charge in [-0.15, -0.1) is 13.2 Å². The maximum atomic E-state index is 11.9. The van der Waals surface area contributed by atoms with Crippen molar-refractivity contribution in [2.45, 2.75) is 12.5 Å². The Bertz CT molecular complexity index is 472. The Morgan fingerprint density at radius 3 is 2.35 bits per heavy atom. The minimum atomic E-state index is -4.91. The highest BCUT2D eigenvalue weighted by Gasteiger charge is 2.31. The zero-order valence-electron chi connectivity index (χ0n) is 9.60. The molecule has 0 aliphatic heterocycles. The van der Waals surface area contributed by atoms with E-state index in [4.69, 9.17) is 0 Å². The number of amides is 2. The molecule has 112 valence electrons. The van der Waals surface area contributed by atoms with Crippen LogP contribution < -0.4 is 15.4 Å². The number of anilines is 1. The van der Waals surface area contributed by atoms with E-state index in [0.29, 0.717) is 0 Å². The van der Waals surface area contributed by atoms with Gasteiger partial charge in [0.15, 0.2) is 0 Å². The first-order chi connectivity index (χ1) is 9.05. The molecule has 2 amide bonds. The molecular weight excluding hydrogens is 294 g/mol. The number of halogens is 6. The monoisotopic (exact) mass is 302 g/mol. The molecule has 1 aromatic rings. The Balaban J connectivity index is 2.60. The lowest BCUT2D eigenvalue weighted by molar-refractivity contribution is -0.274. The van der Waals surface area contributed by atoms with Crippen LogP contribution in [0.2, 0.25) is 0 Å². The highest BCUT2D eigenvalue weighted by Crippen LogP contribution is 2.25. The predicted octanol–water partition coefficient (Wildman–Crippen LogP) is 3.27. The fraction of sp³-hybridized carbons (Fsp3) is 0.300. The first-order valence-corrected chi connectivity index (χ1v) is 5.02. The van der Waals surface area contributed by atoms with Gasteiger partial charge in [0.05, 0.1) is 0 Å². The second-order valence-corrected chi connectivity index (χ2v) is 3.50. The number of urea groups is 1. The van der Waals surface area contributed by atoms with Gasteiger partial charge in [0, 0.05) is 11.8 Å². The summed E-state index contributed by atoms with van der Waals surface area (Å²) in [5, 5.41) is 3.44. The largest absolute Gasteiger partial charge is 0.573 e. The van der Waals surface area contributed by atoms with E-state index in [1.165, 1.54) is 11.4 Å². The van der Waals surface area contributed by atoms with E-state index < -0.39 is 30.9 Å². The zero-order valence-corrected chi connectivity index (χ0v) is 9.60. The minimum absolute atomic E-state index is 0.147. The first-order valence-electron chi connectivity index (χ1n) is 5.02. The summed E-state index contributed by atoms with van der Waals surface area (Å²) in [7, 11) is 0. The molecule has 0 saturated carbocycles. The third-order valence-corrected chi connectivity index (χ3v) is 1.77. The Kier molecular flexibility index (Phi) is 4.69. The second-order valence-electron chi connectivity index (χ2n) is 3.50. The fourth-order valence-electron chi connectivity index (χ4n) is 1.13. The van der Waals surface area contributed by atoms with E-state index >= 15 is 0 Å². The molecule has 2 N–H and O–H groups in total. The van der Waals surface area contributed by atoms with E-state index in [1.807, 2.05) is 5.32 Å². The first kappa shape index (κ1) is 15.9. The Morgan fingerprint density at radius 2 is 1.80 bits per heavy atom. The van der Waals surface area contributed by atoms with Crippen molar-refractivity contribution < 1.29 is 35.9 Å². The van der Waals surface area contributed by atoms with E-state index in [1.54, 1.807) is 0 Å². The molecule has 4 nitrogen and oxygen atoms in total. The average Bonchev–Trinajstić information content (AvgIpc) is 2.23. The number of ether oxygens (including phenoxy) is 1. The standard InChI is InChI=1S/C10H8F6N2O2/c11-9(12,13)5-17-8(19)18-6-2-1-3-7(4-6)20-10(14,15)16/h1-4H,5H2,(H2,17,18,19). The van der Waals surface area contributed by atoms with Crippen LogP contribution in [0.5, 0.6) is 5.75 Å². The minimum Gasteiger partial charge on any atom is -0.406 e. The zero-order chi connectivity index (χ0) is 15.4. The lowest BCUT2D eigenvalue weighted by atomic mass is 10.3. The quantitative estimate of drug-likeness (QED) is 0.842. The molecule has 1 aromatic carbocycles. The molecule has 0 radical (unpaired) electrons. The van der Waals surface area contributed by atoms with Gasteiger partial charge in [-0.25, -0.2) is 4.79 Å². The highest BCUT2D eigenvalue weighted by molar-refractivity contribution is 5.89. The van der Waals surface area contributed by atoms with E-state index in [2.05, 4.69) is 4.74 Å². The van der Waals surface area contributed by atoms with Crippen LogP contribution in [-0.4, -0.2) is 25.1 Å². The molecule has 20 heavy (non-hydrogen) atoms. The van der Waals surface area contributed by atoms with Crippen molar-refractivity contribution in [3.8, 4) is 5.75 Å². The number of alkyl halides is 6. The molecule has 0 fully saturated rings. The highest BCUT2D eigenvalue weighted by atomic mass is 19.4. The van der Waals surface area contributed by atoms with Crippen LogP contribution in [0.15, 0.2) is 24.3 Å². The molecule has 1 rings (SSSR count). The molecule has 10 heteroatoms. The van der Waals surface area contributed by atoms with Crippen LogP contribution in [-0.2, 0) is 0 Å². The van der Waals surface area contributed by atoms with Crippen LogP contribution in [0.4, 0.5) is 36.8 Å². The van der Waals surface area contributed by atoms with Gasteiger partial charge in [0.25, 0.3) is 0 Å². The number of hydrogen-bond acceptors (Lipinski definition) is 2. The van der Waals surface area contributed by atoms with Crippen molar-refractivity contribution in [2.24, 2.45) is 0 Å². The summed E-state index contributed by atoms with van der Waals surface area (Å²) in [5.74, 6) is -0.605. The van der Waals surface area contributed by atoms with Gasteiger partial charge < -0.3 is 15.4 Å². The number of hydrogen-bond donors (Lipinski definition) is 2. The van der Waals surface area contributed by atoms with Gasteiger partial charge in [-0.3, -0.25) is 0 Å². The molecule has 0 saturated heterocycles. The summed E-state index contributed by atoms with van der Waals surface area (Å²) in [6.45, 7) is -1.56. The van der Waals surface area contributed by atoms with Crippen molar-refractivity contribution in [3.63, 3.8) is 0 Å². The average molecular weight is 302 g/mol. The molecule has 0 bridgehead atoms. The Labute approximate surface area is 108 Å². The molecule has 0 heterocycles. The molecule has 0 aliphatic carbocycles. The van der Waals surface area contributed by atoms with Crippen LogP contribution in [0.3, 0.4) is 0 Å². The van der Waals surface area contributed by atoms with Gasteiger partial charge in [0.1, 0.15) is 12.3 Å². The Hall–Kier alpha value is -2.13. The third-order valence-electron chi connectivity index (χ3n) is 1.77. The second kappa shape index (κ2) is 5.88. The summed E-state index contributed by atoms with van der Waals surface area (Å²) >= 11 is 0. The number of nitrogens with one attached hydrogen (secondary N) is 2. The summed E-state index contributed by atoms with van der Waals surface area (Å²) in [6.07, 6.45) is -9.49.